The van der Waals surface area contributed by atoms with Gasteiger partial charge in [-0.1, -0.05) is 13.2 Å². The molecule has 12 heteroatoms. The number of ether oxygens (including phenoxy) is 6. The van der Waals surface area contributed by atoms with Crippen LogP contribution in [0.3, 0.4) is 0 Å². The largest absolute Gasteiger partial charge is 0.457 e. The SMILES string of the molecule is C=C(F)C(=O)OCOc1ccc(C(=O)Oc2ccc(OC(=O)c3ccc(OCOC(=O)C(=C)F)cc3)c(C)c2)cc1. The van der Waals surface area contributed by atoms with Crippen LogP contribution in [0, 0.1) is 6.92 Å². The number of carbonyl (C=O) groups excluding carboxylic acids is 4. The van der Waals surface area contributed by atoms with E-state index in [1.165, 1.54) is 66.7 Å². The molecule has 0 amide bonds. The molecular weight excluding hydrogens is 546 g/mol. The molecule has 0 unspecified atom stereocenters. The molecule has 3 rings (SSSR count). The van der Waals surface area contributed by atoms with E-state index in [0.29, 0.717) is 5.56 Å². The van der Waals surface area contributed by atoms with E-state index in [0.717, 1.165) is 0 Å². The molecule has 0 aliphatic carbocycles. The molecule has 0 aliphatic heterocycles. The molecule has 3 aromatic rings. The highest BCUT2D eigenvalue weighted by atomic mass is 19.1. The van der Waals surface area contributed by atoms with Crippen molar-refractivity contribution >= 4 is 23.9 Å². The lowest BCUT2D eigenvalue weighted by atomic mass is 10.2. The van der Waals surface area contributed by atoms with Crippen LogP contribution in [0.4, 0.5) is 8.78 Å². The summed E-state index contributed by atoms with van der Waals surface area (Å²) in [6.07, 6.45) is 0. The van der Waals surface area contributed by atoms with E-state index in [1.807, 2.05) is 0 Å². The Hall–Kier alpha value is -5.52. The number of esters is 4. The average Bonchev–Trinajstić information content (AvgIpc) is 2.94. The Kier molecular flexibility index (Phi) is 10.3. The maximum Gasteiger partial charge on any atom is 0.369 e. The first-order valence-corrected chi connectivity index (χ1v) is 11.6. The highest BCUT2D eigenvalue weighted by molar-refractivity contribution is 5.92. The van der Waals surface area contributed by atoms with Crippen LogP contribution in [0.1, 0.15) is 26.3 Å². The molecule has 0 bridgehead atoms. The first-order chi connectivity index (χ1) is 19.5. The molecule has 0 spiro atoms. The van der Waals surface area contributed by atoms with Gasteiger partial charge in [0.25, 0.3) is 0 Å². The van der Waals surface area contributed by atoms with Crippen LogP contribution < -0.4 is 18.9 Å². The number of halogens is 2. The Morgan fingerprint density at radius 2 is 1.05 bits per heavy atom. The smallest absolute Gasteiger partial charge is 0.369 e. The highest BCUT2D eigenvalue weighted by Crippen LogP contribution is 2.26. The van der Waals surface area contributed by atoms with Gasteiger partial charge in [0.15, 0.2) is 0 Å². The van der Waals surface area contributed by atoms with Crippen molar-refractivity contribution in [2.24, 2.45) is 0 Å². The zero-order valence-corrected chi connectivity index (χ0v) is 21.5. The van der Waals surface area contributed by atoms with E-state index >= 15 is 0 Å². The molecule has 10 nitrogen and oxygen atoms in total. The monoisotopic (exact) mass is 568 g/mol. The lowest BCUT2D eigenvalue weighted by molar-refractivity contribution is -0.148. The first-order valence-electron chi connectivity index (χ1n) is 11.6. The summed E-state index contributed by atoms with van der Waals surface area (Å²) in [6.45, 7) is 6.18. The van der Waals surface area contributed by atoms with Gasteiger partial charge >= 0.3 is 23.9 Å². The molecule has 0 heterocycles. The summed E-state index contributed by atoms with van der Waals surface area (Å²) in [4.78, 5) is 47.0. The van der Waals surface area contributed by atoms with Gasteiger partial charge in [0.2, 0.25) is 25.2 Å². The second-order valence-corrected chi connectivity index (χ2v) is 7.95. The number of hydrogen-bond acceptors (Lipinski definition) is 10. The lowest BCUT2D eigenvalue weighted by Gasteiger charge is -2.11. The van der Waals surface area contributed by atoms with Gasteiger partial charge in [-0.3, -0.25) is 0 Å². The fourth-order valence-electron chi connectivity index (χ4n) is 2.96. The molecule has 0 aromatic heterocycles. The van der Waals surface area contributed by atoms with Crippen molar-refractivity contribution in [3.63, 3.8) is 0 Å². The van der Waals surface area contributed by atoms with Crippen LogP contribution in [0.15, 0.2) is 91.5 Å². The van der Waals surface area contributed by atoms with Crippen LogP contribution in [-0.4, -0.2) is 37.5 Å². The van der Waals surface area contributed by atoms with Gasteiger partial charge in [-0.15, -0.1) is 0 Å². The van der Waals surface area contributed by atoms with Crippen molar-refractivity contribution in [3.05, 3.63) is 108 Å². The predicted molar refractivity (Wildman–Crippen MR) is 138 cm³/mol. The highest BCUT2D eigenvalue weighted by Gasteiger charge is 2.14. The minimum absolute atomic E-state index is 0.193. The second-order valence-electron chi connectivity index (χ2n) is 7.95. The summed E-state index contributed by atoms with van der Waals surface area (Å²) in [6, 6.07) is 15.8. The Labute approximate surface area is 232 Å². The molecule has 41 heavy (non-hydrogen) atoms. The topological polar surface area (TPSA) is 124 Å². The Bertz CT molecular complexity index is 1460. The van der Waals surface area contributed by atoms with Gasteiger partial charge < -0.3 is 28.4 Å². The summed E-state index contributed by atoms with van der Waals surface area (Å²) in [7, 11) is 0. The molecule has 0 saturated heterocycles. The van der Waals surface area contributed by atoms with Gasteiger partial charge in [-0.2, -0.15) is 8.78 Å². The van der Waals surface area contributed by atoms with Gasteiger partial charge in [0, 0.05) is 0 Å². The Morgan fingerprint density at radius 3 is 1.46 bits per heavy atom. The quantitative estimate of drug-likeness (QED) is 0.125. The summed E-state index contributed by atoms with van der Waals surface area (Å²) >= 11 is 0. The van der Waals surface area contributed by atoms with E-state index in [2.05, 4.69) is 22.6 Å². The molecule has 0 saturated carbocycles. The van der Waals surface area contributed by atoms with Crippen LogP contribution in [-0.2, 0) is 19.1 Å². The Balaban J connectivity index is 1.51. The molecule has 0 radical (unpaired) electrons. The standard InChI is InChI=1S/C29H22F2O10/c1-17-14-24(40-28(34)20-4-8-22(9-5-20)36-15-38-26(32)18(2)30)12-13-25(17)41-29(35)21-6-10-23(11-7-21)37-16-39-27(33)19(3)31/h4-14H,2-3,15-16H2,1H3. The average molecular weight is 568 g/mol. The van der Waals surface area contributed by atoms with Gasteiger partial charge in [-0.25, -0.2) is 19.2 Å². The van der Waals surface area contributed by atoms with Crippen molar-refractivity contribution < 1.29 is 56.4 Å². The van der Waals surface area contributed by atoms with E-state index in [-0.39, 0.29) is 34.1 Å². The fourth-order valence-corrected chi connectivity index (χ4v) is 2.96. The third-order valence-electron chi connectivity index (χ3n) is 5.01. The summed E-state index contributed by atoms with van der Waals surface area (Å²) in [5, 5.41) is 0. The van der Waals surface area contributed by atoms with Crippen LogP contribution in [0.5, 0.6) is 23.0 Å². The number of benzene rings is 3. The third kappa shape index (κ3) is 9.03. The summed E-state index contributed by atoms with van der Waals surface area (Å²) in [5.41, 5.74) is 0.895. The summed E-state index contributed by atoms with van der Waals surface area (Å²) in [5.74, 6) is -5.39. The number of hydrogen-bond donors (Lipinski definition) is 0. The number of carbonyl (C=O) groups is 4. The van der Waals surface area contributed by atoms with Crippen LogP contribution in [0.25, 0.3) is 0 Å². The minimum atomic E-state index is -1.25. The number of rotatable bonds is 12. The van der Waals surface area contributed by atoms with Crippen molar-refractivity contribution in [1.29, 1.82) is 0 Å². The minimum Gasteiger partial charge on any atom is -0.457 e. The van der Waals surface area contributed by atoms with Crippen molar-refractivity contribution in [3.8, 4) is 23.0 Å². The molecule has 0 N–H and O–H groups in total. The fraction of sp³-hybridized carbons (Fsp3) is 0.103. The van der Waals surface area contributed by atoms with Gasteiger partial charge in [-0.05, 0) is 79.2 Å². The molecule has 0 aliphatic rings. The second kappa shape index (κ2) is 14.0. The van der Waals surface area contributed by atoms with E-state index in [4.69, 9.17) is 18.9 Å². The molecule has 212 valence electrons. The van der Waals surface area contributed by atoms with Crippen molar-refractivity contribution in [1.82, 2.24) is 0 Å². The maximum atomic E-state index is 12.6. The van der Waals surface area contributed by atoms with Crippen molar-refractivity contribution in [2.75, 3.05) is 13.6 Å². The van der Waals surface area contributed by atoms with Crippen LogP contribution in [0.2, 0.25) is 0 Å². The maximum absolute atomic E-state index is 12.6. The zero-order chi connectivity index (χ0) is 29.9. The number of aryl methyl sites for hydroxylation is 1. The normalized spacial score (nSPS) is 10.1. The van der Waals surface area contributed by atoms with Gasteiger partial charge in [0.05, 0.1) is 11.1 Å². The van der Waals surface area contributed by atoms with E-state index in [9.17, 15) is 28.0 Å². The van der Waals surface area contributed by atoms with Crippen LogP contribution >= 0.6 is 0 Å². The Morgan fingerprint density at radius 1 is 0.634 bits per heavy atom. The third-order valence-corrected chi connectivity index (χ3v) is 5.01. The van der Waals surface area contributed by atoms with E-state index < -0.39 is 49.1 Å². The molecular formula is C29H22F2O10. The summed E-state index contributed by atoms with van der Waals surface area (Å²) < 4.78 is 55.1. The lowest BCUT2D eigenvalue weighted by Crippen LogP contribution is -2.12. The molecule has 3 aromatic carbocycles. The molecule has 0 fully saturated rings. The first kappa shape index (κ1) is 30.0. The zero-order valence-electron chi connectivity index (χ0n) is 21.5. The van der Waals surface area contributed by atoms with Crippen molar-refractivity contribution in [2.45, 2.75) is 6.92 Å². The van der Waals surface area contributed by atoms with E-state index in [1.54, 1.807) is 6.92 Å². The molecule has 0 atom stereocenters. The van der Waals surface area contributed by atoms with Gasteiger partial charge in [0.1, 0.15) is 23.0 Å². The predicted octanol–water partition coefficient (Wildman–Crippen LogP) is 5.16.